The summed E-state index contributed by atoms with van der Waals surface area (Å²) in [6.07, 6.45) is 0. The lowest BCUT2D eigenvalue weighted by Gasteiger charge is -1.91. The first kappa shape index (κ1) is 12.3. The predicted molar refractivity (Wildman–Crippen MR) is 63.6 cm³/mol. The molecule has 2 rings (SSSR count). The minimum Gasteiger partial charge on any atom is -0.205 e. The van der Waals surface area contributed by atoms with Crippen molar-refractivity contribution >= 4 is 22.7 Å². The zero-order valence-electron chi connectivity index (χ0n) is 8.80. The maximum absolute atomic E-state index is 13.2. The highest BCUT2D eigenvalue weighted by atomic mass is 32.1. The van der Waals surface area contributed by atoms with E-state index in [9.17, 15) is 8.78 Å². The van der Waals surface area contributed by atoms with Crippen molar-refractivity contribution in [2.24, 2.45) is 0 Å². The molecule has 0 nitrogen and oxygen atoms in total. The zero-order valence-corrected chi connectivity index (χ0v) is 10.4. The molecule has 0 aliphatic carbocycles. The fourth-order valence-electron chi connectivity index (χ4n) is 1.09. The lowest BCUT2D eigenvalue weighted by atomic mass is 10.3. The van der Waals surface area contributed by atoms with Crippen molar-refractivity contribution in [1.29, 1.82) is 0 Å². The van der Waals surface area contributed by atoms with E-state index in [1.54, 1.807) is 5.38 Å². The predicted octanol–water partition coefficient (Wildman–Crippen LogP) is 5.09. The molecule has 2 aromatic rings. The molecular formula is C11H12F2S2. The van der Waals surface area contributed by atoms with Gasteiger partial charge in [0.15, 0.2) is 0 Å². The van der Waals surface area contributed by atoms with E-state index >= 15 is 0 Å². The molecule has 82 valence electrons. The van der Waals surface area contributed by atoms with Crippen LogP contribution in [0.1, 0.15) is 18.7 Å². The van der Waals surface area contributed by atoms with Crippen LogP contribution < -0.4 is 0 Å². The van der Waals surface area contributed by atoms with Crippen LogP contribution in [0.5, 0.6) is 0 Å². The Morgan fingerprint density at radius 2 is 1.73 bits per heavy atom. The Hall–Kier alpha value is -0.740. The van der Waals surface area contributed by atoms with E-state index in [0.29, 0.717) is 9.75 Å². The van der Waals surface area contributed by atoms with Crippen molar-refractivity contribution in [3.05, 3.63) is 34.0 Å². The molecule has 4 heteroatoms. The first-order valence-electron chi connectivity index (χ1n) is 4.68. The van der Waals surface area contributed by atoms with E-state index in [1.807, 2.05) is 20.8 Å². The van der Waals surface area contributed by atoms with Crippen LogP contribution in [0.15, 0.2) is 17.5 Å². The first-order valence-corrected chi connectivity index (χ1v) is 6.37. The van der Waals surface area contributed by atoms with Crippen LogP contribution in [0.3, 0.4) is 0 Å². The number of aryl methyl sites for hydroxylation is 1. The maximum atomic E-state index is 13.2. The van der Waals surface area contributed by atoms with E-state index in [0.717, 1.165) is 4.88 Å². The minimum absolute atomic E-state index is 0.330. The van der Waals surface area contributed by atoms with Crippen LogP contribution in [0.4, 0.5) is 8.78 Å². The molecule has 15 heavy (non-hydrogen) atoms. The highest BCUT2D eigenvalue weighted by molar-refractivity contribution is 7.21. The van der Waals surface area contributed by atoms with Crippen LogP contribution in [0.2, 0.25) is 0 Å². The minimum atomic E-state index is -0.342. The third-order valence-corrected chi connectivity index (χ3v) is 3.71. The van der Waals surface area contributed by atoms with Gasteiger partial charge < -0.3 is 0 Å². The van der Waals surface area contributed by atoms with Crippen LogP contribution in [0, 0.1) is 18.6 Å². The van der Waals surface area contributed by atoms with Gasteiger partial charge in [-0.15, -0.1) is 22.7 Å². The van der Waals surface area contributed by atoms with Gasteiger partial charge in [-0.3, -0.25) is 0 Å². The van der Waals surface area contributed by atoms with Crippen LogP contribution in [-0.4, -0.2) is 0 Å². The van der Waals surface area contributed by atoms with Gasteiger partial charge in [-0.2, -0.15) is 0 Å². The zero-order chi connectivity index (χ0) is 11.4. The molecule has 0 atom stereocenters. The molecule has 0 bridgehead atoms. The number of halogens is 2. The van der Waals surface area contributed by atoms with Gasteiger partial charge in [-0.1, -0.05) is 13.8 Å². The van der Waals surface area contributed by atoms with Gasteiger partial charge >= 0.3 is 0 Å². The second kappa shape index (κ2) is 5.37. The standard InChI is InChI=1S/C9H6F2S2.C2H6/c1-5-4-7(11)9(13-5)8-6(10)2-3-12-8;1-2/h2-4H,1H3;1-2H3. The molecule has 0 saturated carbocycles. The normalized spacial score (nSPS) is 9.67. The Labute approximate surface area is 96.2 Å². The topological polar surface area (TPSA) is 0 Å². The fourth-order valence-corrected chi connectivity index (χ4v) is 2.90. The van der Waals surface area contributed by atoms with Crippen molar-refractivity contribution in [2.75, 3.05) is 0 Å². The van der Waals surface area contributed by atoms with Crippen molar-refractivity contribution in [1.82, 2.24) is 0 Å². The molecule has 0 aliphatic heterocycles. The van der Waals surface area contributed by atoms with Crippen LogP contribution >= 0.6 is 22.7 Å². The van der Waals surface area contributed by atoms with E-state index < -0.39 is 0 Å². The molecule has 0 unspecified atom stereocenters. The van der Waals surface area contributed by atoms with Crippen LogP contribution in [-0.2, 0) is 0 Å². The summed E-state index contributed by atoms with van der Waals surface area (Å²) in [4.78, 5) is 1.67. The maximum Gasteiger partial charge on any atom is 0.142 e. The Morgan fingerprint density at radius 3 is 2.13 bits per heavy atom. The molecule has 0 N–H and O–H groups in total. The Kier molecular flexibility index (Phi) is 4.42. The summed E-state index contributed by atoms with van der Waals surface area (Å²) in [5.41, 5.74) is 0. The summed E-state index contributed by atoms with van der Waals surface area (Å²) < 4.78 is 26.3. The monoisotopic (exact) mass is 246 g/mol. The number of hydrogen-bond acceptors (Lipinski definition) is 2. The molecule has 0 aliphatic rings. The number of hydrogen-bond donors (Lipinski definition) is 0. The first-order chi connectivity index (χ1) is 7.18. The Morgan fingerprint density at radius 1 is 1.07 bits per heavy atom. The van der Waals surface area contributed by atoms with Gasteiger partial charge in [-0.25, -0.2) is 8.78 Å². The summed E-state index contributed by atoms with van der Waals surface area (Å²) in [6.45, 7) is 5.81. The van der Waals surface area contributed by atoms with Gasteiger partial charge in [0.1, 0.15) is 11.6 Å². The molecule has 0 fully saturated rings. The van der Waals surface area contributed by atoms with E-state index in [1.165, 1.54) is 34.8 Å². The smallest absolute Gasteiger partial charge is 0.142 e. The van der Waals surface area contributed by atoms with E-state index in [4.69, 9.17) is 0 Å². The average Bonchev–Trinajstić information content (AvgIpc) is 2.76. The van der Waals surface area contributed by atoms with Gasteiger partial charge in [0.2, 0.25) is 0 Å². The molecule has 2 heterocycles. The Balaban J connectivity index is 0.000000531. The molecule has 0 amide bonds. The summed E-state index contributed by atoms with van der Waals surface area (Å²) in [7, 11) is 0. The third-order valence-electron chi connectivity index (χ3n) is 1.63. The largest absolute Gasteiger partial charge is 0.205 e. The SMILES string of the molecule is CC.Cc1cc(F)c(-c2sccc2F)s1. The molecule has 2 aromatic heterocycles. The van der Waals surface area contributed by atoms with Gasteiger partial charge in [0.05, 0.1) is 9.75 Å². The van der Waals surface area contributed by atoms with Crippen molar-refractivity contribution < 1.29 is 8.78 Å². The quantitative estimate of drug-likeness (QED) is 0.657. The summed E-state index contributed by atoms with van der Waals surface area (Å²) in [5.74, 6) is -0.672. The van der Waals surface area contributed by atoms with Gasteiger partial charge in [0, 0.05) is 4.88 Å². The third kappa shape index (κ3) is 2.63. The summed E-state index contributed by atoms with van der Waals surface area (Å²) in [6, 6.07) is 2.79. The molecule has 0 aromatic carbocycles. The molecule has 0 saturated heterocycles. The Bertz CT molecular complexity index is 429. The average molecular weight is 246 g/mol. The lowest BCUT2D eigenvalue weighted by Crippen LogP contribution is -1.74. The van der Waals surface area contributed by atoms with Crippen molar-refractivity contribution in [3.63, 3.8) is 0 Å². The second-order valence-corrected chi connectivity index (χ2v) is 4.80. The van der Waals surface area contributed by atoms with Crippen molar-refractivity contribution in [2.45, 2.75) is 20.8 Å². The number of thiophene rings is 2. The highest BCUT2D eigenvalue weighted by Gasteiger charge is 2.13. The van der Waals surface area contributed by atoms with E-state index in [2.05, 4.69) is 0 Å². The second-order valence-electron chi connectivity index (χ2n) is 2.63. The van der Waals surface area contributed by atoms with Crippen LogP contribution in [0.25, 0.3) is 9.75 Å². The van der Waals surface area contributed by atoms with Gasteiger partial charge in [0.25, 0.3) is 0 Å². The number of rotatable bonds is 1. The molecule has 0 radical (unpaired) electrons. The highest BCUT2D eigenvalue weighted by Crippen LogP contribution is 2.36. The van der Waals surface area contributed by atoms with Crippen molar-refractivity contribution in [3.8, 4) is 9.75 Å². The van der Waals surface area contributed by atoms with Gasteiger partial charge in [-0.05, 0) is 24.4 Å². The summed E-state index contributed by atoms with van der Waals surface area (Å²) in [5, 5.41) is 1.62. The molecule has 0 spiro atoms. The molecular weight excluding hydrogens is 234 g/mol. The summed E-state index contributed by atoms with van der Waals surface area (Å²) >= 11 is 2.51. The lowest BCUT2D eigenvalue weighted by molar-refractivity contribution is 0.623. The fraction of sp³-hybridized carbons (Fsp3) is 0.273. The van der Waals surface area contributed by atoms with E-state index in [-0.39, 0.29) is 11.6 Å².